The molecule has 0 aliphatic heterocycles. The van der Waals surface area contributed by atoms with E-state index in [-0.39, 0.29) is 6.61 Å². The molecule has 0 aliphatic rings. The number of nitrogens with one attached hydrogen (secondary N) is 1. The van der Waals surface area contributed by atoms with Gasteiger partial charge in [-0.1, -0.05) is 6.08 Å². The smallest absolute Gasteiger partial charge is 0.0603 e. The van der Waals surface area contributed by atoms with Crippen LogP contribution in [0.3, 0.4) is 0 Å². The number of hydrogen-bond donors (Lipinski definition) is 3. The second-order valence-corrected chi connectivity index (χ2v) is 1.63. The number of hydrogen-bond acceptors (Lipinski definition) is 3. The van der Waals surface area contributed by atoms with E-state index in [4.69, 9.17) is 5.11 Å². The first-order valence-corrected chi connectivity index (χ1v) is 3.15. The van der Waals surface area contributed by atoms with E-state index >= 15 is 0 Å². The lowest BCUT2D eigenvalue weighted by Gasteiger charge is -1.91. The van der Waals surface area contributed by atoms with Gasteiger partial charge < -0.3 is 10.4 Å². The van der Waals surface area contributed by atoms with Crippen LogP contribution in [0.2, 0.25) is 0 Å². The Bertz CT molecular complexity index is 65.4. The fourth-order valence-corrected chi connectivity index (χ4v) is 0.389. The Balaban J connectivity index is 2.80. The molecule has 0 heterocycles. The first kappa shape index (κ1) is 7.85. The van der Waals surface area contributed by atoms with Gasteiger partial charge in [0, 0.05) is 12.3 Å². The highest BCUT2D eigenvalue weighted by Gasteiger charge is 1.71. The number of rotatable bonds is 4. The normalized spacial score (nSPS) is 10.2. The molecule has 0 radical (unpaired) electrons. The molecule has 0 bridgehead atoms. The lowest BCUT2D eigenvalue weighted by Crippen LogP contribution is -2.10. The SMILES string of the molecule is OCCNC=CCS. The van der Waals surface area contributed by atoms with E-state index in [9.17, 15) is 0 Å². The molecule has 0 spiro atoms. The van der Waals surface area contributed by atoms with Gasteiger partial charge in [0.1, 0.15) is 0 Å². The van der Waals surface area contributed by atoms with Crippen molar-refractivity contribution in [3.8, 4) is 0 Å². The monoisotopic (exact) mass is 133 g/mol. The maximum Gasteiger partial charge on any atom is 0.0603 e. The summed E-state index contributed by atoms with van der Waals surface area (Å²) in [5.74, 6) is 0.735. The van der Waals surface area contributed by atoms with Crippen LogP contribution in [0.15, 0.2) is 12.3 Å². The summed E-state index contributed by atoms with van der Waals surface area (Å²) in [5.41, 5.74) is 0. The van der Waals surface area contributed by atoms with E-state index in [2.05, 4.69) is 17.9 Å². The Morgan fingerprint density at radius 2 is 2.38 bits per heavy atom. The van der Waals surface area contributed by atoms with Crippen molar-refractivity contribution in [2.24, 2.45) is 0 Å². The van der Waals surface area contributed by atoms with Gasteiger partial charge in [-0.15, -0.1) is 0 Å². The molecule has 0 rings (SSSR count). The molecule has 0 amide bonds. The second kappa shape index (κ2) is 6.85. The van der Waals surface area contributed by atoms with E-state index in [0.717, 1.165) is 5.75 Å². The van der Waals surface area contributed by atoms with Crippen LogP contribution >= 0.6 is 12.6 Å². The van der Waals surface area contributed by atoms with Crippen molar-refractivity contribution in [1.82, 2.24) is 5.32 Å². The molecular weight excluding hydrogens is 122 g/mol. The molecule has 2 nitrogen and oxygen atoms in total. The standard InChI is InChI=1S/C5H11NOS/c7-4-3-6-2-1-5-8/h1-2,6-8H,3-5H2. The van der Waals surface area contributed by atoms with Gasteiger partial charge in [0.05, 0.1) is 6.61 Å². The zero-order chi connectivity index (χ0) is 6.24. The fraction of sp³-hybridized carbons (Fsp3) is 0.600. The topological polar surface area (TPSA) is 32.3 Å². The van der Waals surface area contributed by atoms with Crippen LogP contribution in [0.25, 0.3) is 0 Å². The maximum atomic E-state index is 8.25. The Labute approximate surface area is 55.0 Å². The predicted molar refractivity (Wildman–Crippen MR) is 38.1 cm³/mol. The molecule has 0 unspecified atom stereocenters. The molecule has 0 aromatic rings. The summed E-state index contributed by atoms with van der Waals surface area (Å²) in [5, 5.41) is 11.1. The molecule has 8 heavy (non-hydrogen) atoms. The second-order valence-electron chi connectivity index (χ2n) is 1.26. The van der Waals surface area contributed by atoms with E-state index < -0.39 is 0 Å². The largest absolute Gasteiger partial charge is 0.395 e. The molecule has 0 aliphatic carbocycles. The van der Waals surface area contributed by atoms with Crippen molar-refractivity contribution in [2.75, 3.05) is 18.9 Å². The lowest BCUT2D eigenvalue weighted by molar-refractivity contribution is 0.298. The first-order chi connectivity index (χ1) is 3.91. The summed E-state index contributed by atoms with van der Waals surface area (Å²) in [6, 6.07) is 0. The van der Waals surface area contributed by atoms with Gasteiger partial charge in [0.25, 0.3) is 0 Å². The van der Waals surface area contributed by atoms with E-state index in [1.807, 2.05) is 6.08 Å². The highest BCUT2D eigenvalue weighted by molar-refractivity contribution is 7.80. The lowest BCUT2D eigenvalue weighted by atomic mass is 10.6. The molecule has 0 saturated carbocycles. The van der Waals surface area contributed by atoms with Crippen LogP contribution in [0, 0.1) is 0 Å². The van der Waals surface area contributed by atoms with Crippen LogP contribution in [0.4, 0.5) is 0 Å². The number of aliphatic hydroxyl groups is 1. The van der Waals surface area contributed by atoms with Crippen LogP contribution in [-0.4, -0.2) is 24.0 Å². The van der Waals surface area contributed by atoms with E-state index in [1.54, 1.807) is 6.20 Å². The van der Waals surface area contributed by atoms with Crippen LogP contribution in [0.5, 0.6) is 0 Å². The van der Waals surface area contributed by atoms with Crippen LogP contribution in [-0.2, 0) is 0 Å². The van der Waals surface area contributed by atoms with Crippen molar-refractivity contribution in [3.63, 3.8) is 0 Å². The summed E-state index contributed by atoms with van der Waals surface area (Å²) in [6.07, 6.45) is 3.65. The van der Waals surface area contributed by atoms with Crippen molar-refractivity contribution in [1.29, 1.82) is 0 Å². The van der Waals surface area contributed by atoms with Gasteiger partial charge in [-0.25, -0.2) is 0 Å². The molecule has 2 N–H and O–H groups in total. The number of thiol groups is 1. The molecule has 0 aromatic heterocycles. The van der Waals surface area contributed by atoms with Crippen LogP contribution < -0.4 is 5.32 Å². The number of aliphatic hydroxyl groups excluding tert-OH is 1. The van der Waals surface area contributed by atoms with E-state index in [0.29, 0.717) is 6.54 Å². The zero-order valence-electron chi connectivity index (χ0n) is 4.67. The minimum Gasteiger partial charge on any atom is -0.395 e. The summed E-state index contributed by atoms with van der Waals surface area (Å²) >= 11 is 3.93. The maximum absolute atomic E-state index is 8.25. The van der Waals surface area contributed by atoms with Gasteiger partial charge in [0.2, 0.25) is 0 Å². The summed E-state index contributed by atoms with van der Waals surface area (Å²) in [4.78, 5) is 0. The van der Waals surface area contributed by atoms with Gasteiger partial charge in [-0.3, -0.25) is 0 Å². The minimum absolute atomic E-state index is 0.177. The molecule has 0 atom stereocenters. The van der Waals surface area contributed by atoms with Gasteiger partial charge in [-0.05, 0) is 6.20 Å². The summed E-state index contributed by atoms with van der Waals surface area (Å²) < 4.78 is 0. The van der Waals surface area contributed by atoms with E-state index in [1.165, 1.54) is 0 Å². The average molecular weight is 133 g/mol. The predicted octanol–water partition coefficient (Wildman–Crippen LogP) is 0.0118. The summed E-state index contributed by atoms with van der Waals surface area (Å²) in [7, 11) is 0. The zero-order valence-corrected chi connectivity index (χ0v) is 5.56. The molecule has 0 fully saturated rings. The van der Waals surface area contributed by atoms with Gasteiger partial charge >= 0.3 is 0 Å². The molecular formula is C5H11NOS. The third-order valence-electron chi connectivity index (χ3n) is 0.597. The van der Waals surface area contributed by atoms with Crippen LogP contribution in [0.1, 0.15) is 0 Å². The first-order valence-electron chi connectivity index (χ1n) is 2.52. The molecule has 0 saturated heterocycles. The van der Waals surface area contributed by atoms with Gasteiger partial charge in [-0.2, -0.15) is 12.6 Å². The third kappa shape index (κ3) is 5.85. The summed E-state index contributed by atoms with van der Waals surface area (Å²) in [6.45, 7) is 0.793. The Hall–Kier alpha value is -0.150. The highest BCUT2D eigenvalue weighted by atomic mass is 32.1. The van der Waals surface area contributed by atoms with Gasteiger partial charge in [0.15, 0.2) is 0 Å². The third-order valence-corrected chi connectivity index (χ3v) is 0.808. The molecule has 48 valence electrons. The Kier molecular flexibility index (Phi) is 6.72. The van der Waals surface area contributed by atoms with Crippen molar-refractivity contribution >= 4 is 12.6 Å². The fourth-order valence-electron chi connectivity index (χ4n) is 0.284. The van der Waals surface area contributed by atoms with Crippen molar-refractivity contribution in [2.45, 2.75) is 0 Å². The molecule has 3 heteroatoms. The van der Waals surface area contributed by atoms with Crippen molar-refractivity contribution in [3.05, 3.63) is 12.3 Å². The Morgan fingerprint density at radius 1 is 1.62 bits per heavy atom. The van der Waals surface area contributed by atoms with Crippen molar-refractivity contribution < 1.29 is 5.11 Å². The molecule has 0 aromatic carbocycles. The minimum atomic E-state index is 0.177. The average Bonchev–Trinajstić information content (AvgIpc) is 1.81. The quantitative estimate of drug-likeness (QED) is 0.373. The Morgan fingerprint density at radius 3 is 2.88 bits per heavy atom. The highest BCUT2D eigenvalue weighted by Crippen LogP contribution is 1.72.